The second-order valence-electron chi connectivity index (χ2n) is 4.71. The van der Waals surface area contributed by atoms with Crippen LogP contribution >= 0.6 is 0 Å². The monoisotopic (exact) mass is 226 g/mol. The number of nitrogens with zero attached hydrogens (tertiary/aromatic N) is 1. The van der Waals surface area contributed by atoms with E-state index in [4.69, 9.17) is 5.11 Å². The molecule has 0 aliphatic heterocycles. The smallest absolute Gasteiger partial charge is 0.323 e. The van der Waals surface area contributed by atoms with Gasteiger partial charge < -0.3 is 15.3 Å². The van der Waals surface area contributed by atoms with Gasteiger partial charge in [-0.25, -0.2) is 4.79 Å². The number of nitrogens with one attached hydrogen (secondary N) is 1. The van der Waals surface area contributed by atoms with Crippen LogP contribution in [0.2, 0.25) is 0 Å². The van der Waals surface area contributed by atoms with Crippen molar-refractivity contribution in [3.63, 3.8) is 0 Å². The summed E-state index contributed by atoms with van der Waals surface area (Å²) in [7, 11) is 0. The Hall–Kier alpha value is -1.26. The lowest BCUT2D eigenvalue weighted by Crippen LogP contribution is -2.45. The van der Waals surface area contributed by atoms with Gasteiger partial charge >= 0.3 is 12.0 Å². The van der Waals surface area contributed by atoms with Gasteiger partial charge in [-0.1, -0.05) is 13.3 Å². The summed E-state index contributed by atoms with van der Waals surface area (Å²) in [4.78, 5) is 23.9. The van der Waals surface area contributed by atoms with Crippen molar-refractivity contribution in [2.24, 2.45) is 5.92 Å². The molecule has 0 heterocycles. The predicted molar refractivity (Wildman–Crippen MR) is 58.1 cm³/mol. The highest BCUT2D eigenvalue weighted by Gasteiger charge is 2.40. The van der Waals surface area contributed by atoms with Crippen molar-refractivity contribution in [3.8, 4) is 0 Å². The van der Waals surface area contributed by atoms with Crippen LogP contribution in [0.25, 0.3) is 0 Å². The minimum Gasteiger partial charge on any atom is -0.480 e. The third-order valence-corrected chi connectivity index (χ3v) is 3.31. The van der Waals surface area contributed by atoms with E-state index in [-0.39, 0.29) is 24.7 Å². The largest absolute Gasteiger partial charge is 0.480 e. The molecule has 16 heavy (non-hydrogen) atoms. The predicted octanol–water partition coefficient (Wildman–Crippen LogP) is 1.04. The average molecular weight is 226 g/mol. The van der Waals surface area contributed by atoms with E-state index >= 15 is 0 Å². The van der Waals surface area contributed by atoms with Crippen LogP contribution in [0.1, 0.15) is 32.6 Å². The van der Waals surface area contributed by atoms with E-state index in [1.165, 1.54) is 4.90 Å². The molecule has 5 heteroatoms. The van der Waals surface area contributed by atoms with Gasteiger partial charge in [0.15, 0.2) is 0 Å². The van der Waals surface area contributed by atoms with E-state index < -0.39 is 5.97 Å². The van der Waals surface area contributed by atoms with Gasteiger partial charge in [0.2, 0.25) is 0 Å². The summed E-state index contributed by atoms with van der Waals surface area (Å²) in [6, 6.07) is 0.216. The van der Waals surface area contributed by atoms with Gasteiger partial charge in [0, 0.05) is 12.1 Å². The Labute approximate surface area is 94.8 Å². The number of rotatable bonds is 5. The summed E-state index contributed by atoms with van der Waals surface area (Å²) in [5.74, 6) is -0.347. The fourth-order valence-corrected chi connectivity index (χ4v) is 2.02. The molecule has 2 rings (SSSR count). The quantitative estimate of drug-likeness (QED) is 0.736. The number of carbonyl (C=O) groups excluding carboxylic acids is 1. The van der Waals surface area contributed by atoms with Gasteiger partial charge in [-0.05, 0) is 25.2 Å². The molecule has 0 spiro atoms. The van der Waals surface area contributed by atoms with E-state index in [1.807, 2.05) is 0 Å². The normalized spacial score (nSPS) is 27.3. The zero-order valence-corrected chi connectivity index (χ0v) is 9.48. The number of amides is 2. The van der Waals surface area contributed by atoms with Crippen LogP contribution in [0.4, 0.5) is 4.79 Å². The first-order valence-corrected chi connectivity index (χ1v) is 5.90. The molecule has 2 fully saturated rings. The summed E-state index contributed by atoms with van der Waals surface area (Å²) in [6.07, 6.45) is 3.98. The second-order valence-corrected chi connectivity index (χ2v) is 4.71. The van der Waals surface area contributed by atoms with Gasteiger partial charge in [-0.3, -0.25) is 4.79 Å². The molecule has 2 unspecified atom stereocenters. The van der Waals surface area contributed by atoms with Crippen LogP contribution in [-0.2, 0) is 4.79 Å². The first kappa shape index (κ1) is 11.2. The van der Waals surface area contributed by atoms with E-state index in [9.17, 15) is 9.59 Å². The fourth-order valence-electron chi connectivity index (χ4n) is 2.02. The van der Waals surface area contributed by atoms with Crippen molar-refractivity contribution in [2.45, 2.75) is 44.7 Å². The maximum Gasteiger partial charge on any atom is 0.323 e. The van der Waals surface area contributed by atoms with Gasteiger partial charge in [-0.15, -0.1) is 0 Å². The summed E-state index contributed by atoms with van der Waals surface area (Å²) >= 11 is 0. The van der Waals surface area contributed by atoms with Gasteiger partial charge in [0.05, 0.1) is 0 Å². The van der Waals surface area contributed by atoms with E-state index in [0.717, 1.165) is 25.7 Å². The number of carbonyl (C=O) groups is 2. The first-order valence-electron chi connectivity index (χ1n) is 5.90. The Morgan fingerprint density at radius 3 is 2.56 bits per heavy atom. The maximum absolute atomic E-state index is 11.8. The minimum absolute atomic E-state index is 0.148. The Morgan fingerprint density at radius 1 is 1.44 bits per heavy atom. The van der Waals surface area contributed by atoms with Crippen molar-refractivity contribution >= 4 is 12.0 Å². The number of aliphatic carboxylic acids is 1. The van der Waals surface area contributed by atoms with Crippen LogP contribution in [-0.4, -0.2) is 40.6 Å². The van der Waals surface area contributed by atoms with Crippen LogP contribution in [0.15, 0.2) is 0 Å². The Morgan fingerprint density at radius 2 is 2.12 bits per heavy atom. The SMILES string of the molecule is CCC1CC1NC(=O)N(CC(=O)O)C1CC1. The Bertz CT molecular complexity index is 302. The lowest BCUT2D eigenvalue weighted by Gasteiger charge is -2.20. The zero-order chi connectivity index (χ0) is 11.7. The minimum atomic E-state index is -0.940. The molecule has 0 saturated heterocycles. The standard InChI is InChI=1S/C11H18N2O3/c1-2-7-5-9(7)12-11(16)13(6-10(14)15)8-3-4-8/h7-9H,2-6H2,1H3,(H,12,16)(H,14,15). The molecule has 0 aromatic rings. The topological polar surface area (TPSA) is 69.6 Å². The van der Waals surface area contributed by atoms with Crippen molar-refractivity contribution < 1.29 is 14.7 Å². The van der Waals surface area contributed by atoms with Crippen LogP contribution in [0.3, 0.4) is 0 Å². The summed E-state index contributed by atoms with van der Waals surface area (Å²) in [5, 5.41) is 11.6. The molecule has 2 amide bonds. The van der Waals surface area contributed by atoms with Gasteiger partial charge in [-0.2, -0.15) is 0 Å². The number of hydrogen-bond donors (Lipinski definition) is 2. The van der Waals surface area contributed by atoms with E-state index in [2.05, 4.69) is 12.2 Å². The summed E-state index contributed by atoms with van der Waals surface area (Å²) in [5.41, 5.74) is 0. The summed E-state index contributed by atoms with van der Waals surface area (Å²) in [6.45, 7) is 1.92. The summed E-state index contributed by atoms with van der Waals surface area (Å²) < 4.78 is 0. The Balaban J connectivity index is 1.83. The molecule has 2 aliphatic rings. The maximum atomic E-state index is 11.8. The molecule has 2 aliphatic carbocycles. The Kier molecular flexibility index (Phi) is 3.03. The molecular formula is C11H18N2O3. The lowest BCUT2D eigenvalue weighted by molar-refractivity contribution is -0.137. The number of carboxylic acid groups (broad SMARTS) is 1. The number of hydrogen-bond acceptors (Lipinski definition) is 2. The van der Waals surface area contributed by atoms with Crippen molar-refractivity contribution in [1.29, 1.82) is 0 Å². The second kappa shape index (κ2) is 4.31. The highest BCUT2D eigenvalue weighted by molar-refractivity contribution is 5.81. The fraction of sp³-hybridized carbons (Fsp3) is 0.818. The zero-order valence-electron chi connectivity index (χ0n) is 9.48. The molecule has 0 bridgehead atoms. The molecule has 0 radical (unpaired) electrons. The highest BCUT2D eigenvalue weighted by Crippen LogP contribution is 2.34. The van der Waals surface area contributed by atoms with Crippen LogP contribution in [0.5, 0.6) is 0 Å². The third kappa shape index (κ3) is 2.65. The molecule has 2 saturated carbocycles. The van der Waals surface area contributed by atoms with Gasteiger partial charge in [0.1, 0.15) is 6.54 Å². The molecule has 0 aromatic heterocycles. The molecule has 2 N–H and O–H groups in total. The first-order chi connectivity index (χ1) is 7.61. The third-order valence-electron chi connectivity index (χ3n) is 3.31. The van der Waals surface area contributed by atoms with E-state index in [1.54, 1.807) is 0 Å². The molecular weight excluding hydrogens is 208 g/mol. The average Bonchev–Trinajstić information content (AvgIpc) is 3.08. The van der Waals surface area contributed by atoms with Gasteiger partial charge in [0.25, 0.3) is 0 Å². The highest BCUT2D eigenvalue weighted by atomic mass is 16.4. The van der Waals surface area contributed by atoms with Crippen LogP contribution in [0, 0.1) is 5.92 Å². The molecule has 0 aromatic carbocycles. The molecule has 5 nitrogen and oxygen atoms in total. The molecule has 2 atom stereocenters. The van der Waals surface area contributed by atoms with Crippen molar-refractivity contribution in [1.82, 2.24) is 10.2 Å². The van der Waals surface area contributed by atoms with Crippen molar-refractivity contribution in [2.75, 3.05) is 6.54 Å². The number of carboxylic acids is 1. The van der Waals surface area contributed by atoms with Crippen molar-refractivity contribution in [3.05, 3.63) is 0 Å². The van der Waals surface area contributed by atoms with E-state index in [0.29, 0.717) is 5.92 Å². The number of urea groups is 1. The lowest BCUT2D eigenvalue weighted by atomic mass is 10.3. The van der Waals surface area contributed by atoms with Crippen LogP contribution < -0.4 is 5.32 Å². The molecule has 90 valence electrons.